The molecule has 31 heavy (non-hydrogen) atoms. The van der Waals surface area contributed by atoms with Crippen LogP contribution >= 0.6 is 0 Å². The van der Waals surface area contributed by atoms with E-state index in [1.165, 1.54) is 5.69 Å². The van der Waals surface area contributed by atoms with E-state index in [0.29, 0.717) is 11.8 Å². The lowest BCUT2D eigenvalue weighted by Gasteiger charge is -2.34. The second-order valence-electron chi connectivity index (χ2n) is 8.36. The number of methoxy groups -OCH3 is 2. The highest BCUT2D eigenvalue weighted by molar-refractivity contribution is 5.55. The van der Waals surface area contributed by atoms with E-state index in [9.17, 15) is 4.39 Å². The number of halogens is 1. The Kier molecular flexibility index (Phi) is 6.86. The van der Waals surface area contributed by atoms with Crippen molar-refractivity contribution in [3.63, 3.8) is 0 Å². The molecule has 2 fully saturated rings. The van der Waals surface area contributed by atoms with Crippen molar-refractivity contribution in [2.45, 2.75) is 44.8 Å². The van der Waals surface area contributed by atoms with Gasteiger partial charge in [0.15, 0.2) is 0 Å². The summed E-state index contributed by atoms with van der Waals surface area (Å²) in [5, 5.41) is 0. The second-order valence-corrected chi connectivity index (χ2v) is 8.36. The summed E-state index contributed by atoms with van der Waals surface area (Å²) in [6, 6.07) is 11.8. The molecular weight excluding hydrogens is 395 g/mol. The fourth-order valence-electron chi connectivity index (χ4n) is 4.59. The Bertz CT molecular complexity index is 866. The van der Waals surface area contributed by atoms with E-state index < -0.39 is 0 Å². The van der Waals surface area contributed by atoms with Gasteiger partial charge < -0.3 is 24.0 Å². The van der Waals surface area contributed by atoms with Crippen molar-refractivity contribution in [1.82, 2.24) is 0 Å². The van der Waals surface area contributed by atoms with Crippen LogP contribution < -0.4 is 19.3 Å². The van der Waals surface area contributed by atoms with Gasteiger partial charge in [-0.2, -0.15) is 0 Å². The molecule has 2 aliphatic heterocycles. The number of rotatable bonds is 7. The van der Waals surface area contributed by atoms with Crippen LogP contribution in [0.25, 0.3) is 0 Å². The highest BCUT2D eigenvalue weighted by Gasteiger charge is 2.25. The monoisotopic (exact) mass is 428 g/mol. The number of aryl methyl sites for hydroxylation is 1. The minimum Gasteiger partial charge on any atom is -0.496 e. The summed E-state index contributed by atoms with van der Waals surface area (Å²) in [6.07, 6.45) is 4.01. The SMILES string of the molecule is CCc1cc(F)c(N2CCC(Oc3ccc(N4CC[C@@H](OC)C4)cc3)CC2)cc1OC. The average Bonchev–Trinajstić information content (AvgIpc) is 3.29. The molecular formula is C25H33FN2O3. The zero-order valence-electron chi connectivity index (χ0n) is 18.8. The molecule has 0 unspecified atom stereocenters. The van der Waals surface area contributed by atoms with E-state index in [-0.39, 0.29) is 11.9 Å². The number of ether oxygens (including phenoxy) is 3. The number of benzene rings is 2. The van der Waals surface area contributed by atoms with Crippen LogP contribution in [0.4, 0.5) is 15.8 Å². The summed E-state index contributed by atoms with van der Waals surface area (Å²) >= 11 is 0. The fourth-order valence-corrected chi connectivity index (χ4v) is 4.59. The first-order valence-electron chi connectivity index (χ1n) is 11.3. The zero-order chi connectivity index (χ0) is 21.8. The zero-order valence-corrected chi connectivity index (χ0v) is 18.8. The number of anilines is 2. The van der Waals surface area contributed by atoms with Gasteiger partial charge in [0.1, 0.15) is 23.4 Å². The Morgan fingerprint density at radius 2 is 1.61 bits per heavy atom. The minimum absolute atomic E-state index is 0.145. The molecule has 0 aromatic heterocycles. The Labute approximate surface area is 184 Å². The van der Waals surface area contributed by atoms with E-state index in [2.05, 4.69) is 34.1 Å². The second kappa shape index (κ2) is 9.77. The lowest BCUT2D eigenvalue weighted by molar-refractivity contribution is 0.121. The number of hydrogen-bond acceptors (Lipinski definition) is 5. The predicted molar refractivity (Wildman–Crippen MR) is 122 cm³/mol. The van der Waals surface area contributed by atoms with Gasteiger partial charge in [0, 0.05) is 57.9 Å². The summed E-state index contributed by atoms with van der Waals surface area (Å²) in [5.74, 6) is 1.47. The Balaban J connectivity index is 1.32. The van der Waals surface area contributed by atoms with Gasteiger partial charge in [0.05, 0.1) is 18.9 Å². The van der Waals surface area contributed by atoms with Crippen molar-refractivity contribution in [2.24, 2.45) is 0 Å². The largest absolute Gasteiger partial charge is 0.496 e. The molecule has 2 saturated heterocycles. The summed E-state index contributed by atoms with van der Waals surface area (Å²) in [7, 11) is 3.42. The Morgan fingerprint density at radius 1 is 0.935 bits per heavy atom. The van der Waals surface area contributed by atoms with Crippen LogP contribution in [0.3, 0.4) is 0 Å². The van der Waals surface area contributed by atoms with E-state index in [1.807, 2.05) is 13.0 Å². The van der Waals surface area contributed by atoms with E-state index in [4.69, 9.17) is 14.2 Å². The van der Waals surface area contributed by atoms with Crippen LogP contribution in [-0.4, -0.2) is 52.6 Å². The molecule has 2 aliphatic rings. The predicted octanol–water partition coefficient (Wildman–Crippen LogP) is 4.67. The van der Waals surface area contributed by atoms with Crippen molar-refractivity contribution < 1.29 is 18.6 Å². The first kappa shape index (κ1) is 21.8. The Morgan fingerprint density at radius 3 is 2.23 bits per heavy atom. The van der Waals surface area contributed by atoms with Crippen LogP contribution in [0.1, 0.15) is 31.7 Å². The molecule has 6 heteroatoms. The molecule has 0 bridgehead atoms. The van der Waals surface area contributed by atoms with Crippen molar-refractivity contribution in [2.75, 3.05) is 50.2 Å². The molecule has 0 amide bonds. The topological polar surface area (TPSA) is 34.2 Å². The van der Waals surface area contributed by atoms with Crippen LogP contribution in [-0.2, 0) is 11.2 Å². The van der Waals surface area contributed by atoms with Crippen LogP contribution in [0.15, 0.2) is 36.4 Å². The van der Waals surface area contributed by atoms with Crippen molar-refractivity contribution >= 4 is 11.4 Å². The third kappa shape index (κ3) is 4.90. The normalized spacial score (nSPS) is 19.7. The van der Waals surface area contributed by atoms with Gasteiger partial charge in [-0.15, -0.1) is 0 Å². The van der Waals surface area contributed by atoms with Gasteiger partial charge in [0.25, 0.3) is 0 Å². The molecule has 5 nitrogen and oxygen atoms in total. The maximum absolute atomic E-state index is 14.7. The number of nitrogens with zero attached hydrogens (tertiary/aromatic N) is 2. The van der Waals surface area contributed by atoms with Crippen LogP contribution in [0, 0.1) is 5.82 Å². The van der Waals surface area contributed by atoms with Crippen molar-refractivity contribution in [1.29, 1.82) is 0 Å². The molecule has 0 saturated carbocycles. The van der Waals surface area contributed by atoms with Crippen molar-refractivity contribution in [3.8, 4) is 11.5 Å². The molecule has 2 aromatic carbocycles. The van der Waals surface area contributed by atoms with Gasteiger partial charge in [-0.25, -0.2) is 4.39 Å². The van der Waals surface area contributed by atoms with Crippen LogP contribution in [0.2, 0.25) is 0 Å². The lowest BCUT2D eigenvalue weighted by atomic mass is 10.0. The fraction of sp³-hybridized carbons (Fsp3) is 0.520. The summed E-state index contributed by atoms with van der Waals surface area (Å²) in [4.78, 5) is 4.45. The highest BCUT2D eigenvalue weighted by atomic mass is 19.1. The molecule has 0 N–H and O–H groups in total. The maximum atomic E-state index is 14.7. The molecule has 0 radical (unpaired) electrons. The Hall–Kier alpha value is -2.47. The van der Waals surface area contributed by atoms with Gasteiger partial charge in [0.2, 0.25) is 0 Å². The number of hydrogen-bond donors (Lipinski definition) is 0. The molecule has 2 heterocycles. The summed E-state index contributed by atoms with van der Waals surface area (Å²) in [6.45, 7) is 5.50. The minimum atomic E-state index is -0.176. The first-order chi connectivity index (χ1) is 15.1. The standard InChI is InChI=1S/C25H33FN2O3/c1-4-18-15-23(26)24(16-25(18)30-3)27-12-9-21(10-13-27)31-20-7-5-19(6-8-20)28-14-11-22(17-28)29-2/h5-8,15-16,21-22H,4,9-14,17H2,1-3H3/t22-/m1/s1. The van der Waals surface area contributed by atoms with E-state index in [0.717, 1.165) is 68.9 Å². The third-order valence-electron chi connectivity index (χ3n) is 6.50. The lowest BCUT2D eigenvalue weighted by Crippen LogP contribution is -2.38. The van der Waals surface area contributed by atoms with Gasteiger partial charge in [-0.3, -0.25) is 0 Å². The van der Waals surface area contributed by atoms with Gasteiger partial charge in [-0.1, -0.05) is 6.92 Å². The average molecular weight is 429 g/mol. The number of piperidine rings is 1. The smallest absolute Gasteiger partial charge is 0.147 e. The first-order valence-corrected chi connectivity index (χ1v) is 11.3. The molecule has 2 aromatic rings. The summed E-state index contributed by atoms with van der Waals surface area (Å²) < 4.78 is 31.8. The molecule has 168 valence electrons. The van der Waals surface area contributed by atoms with E-state index >= 15 is 0 Å². The van der Waals surface area contributed by atoms with Crippen LogP contribution in [0.5, 0.6) is 11.5 Å². The summed E-state index contributed by atoms with van der Waals surface area (Å²) in [5.41, 5.74) is 2.73. The molecule has 4 rings (SSSR count). The molecule has 0 spiro atoms. The van der Waals surface area contributed by atoms with E-state index in [1.54, 1.807) is 20.3 Å². The molecule has 0 aliphatic carbocycles. The quantitative estimate of drug-likeness (QED) is 0.640. The van der Waals surface area contributed by atoms with Gasteiger partial charge in [-0.05, 0) is 48.7 Å². The van der Waals surface area contributed by atoms with Crippen molar-refractivity contribution in [3.05, 3.63) is 47.8 Å². The van der Waals surface area contributed by atoms with Gasteiger partial charge >= 0.3 is 0 Å². The maximum Gasteiger partial charge on any atom is 0.147 e. The highest BCUT2D eigenvalue weighted by Crippen LogP contribution is 2.32. The molecule has 1 atom stereocenters. The third-order valence-corrected chi connectivity index (χ3v) is 6.50.